The topological polar surface area (TPSA) is 49.3 Å². The summed E-state index contributed by atoms with van der Waals surface area (Å²) in [6, 6.07) is 5.95. The standard InChI is InChI=1S/C21H36N4O2.HI/c1-6-22-21(23-14-17-9-8-12-25(7-2)15-17)24(3)16-18-10-11-19(26-4)13-20(18)27-5;/h10-11,13,17H,6-9,12,14-16H2,1-5H3,(H,22,23);1H. The quantitative estimate of drug-likeness (QED) is 0.334. The van der Waals surface area contributed by atoms with Gasteiger partial charge in [0.05, 0.1) is 14.2 Å². The molecule has 1 saturated heterocycles. The Morgan fingerprint density at radius 3 is 2.71 bits per heavy atom. The van der Waals surface area contributed by atoms with Gasteiger partial charge in [-0.2, -0.15) is 0 Å². The smallest absolute Gasteiger partial charge is 0.193 e. The molecule has 0 aliphatic carbocycles. The summed E-state index contributed by atoms with van der Waals surface area (Å²) in [4.78, 5) is 9.62. The second kappa shape index (κ2) is 13.1. The lowest BCUT2D eigenvalue weighted by Gasteiger charge is -2.31. The second-order valence-electron chi connectivity index (χ2n) is 7.13. The van der Waals surface area contributed by atoms with Crippen LogP contribution in [-0.2, 0) is 6.54 Å². The summed E-state index contributed by atoms with van der Waals surface area (Å²) in [5, 5.41) is 3.42. The maximum atomic E-state index is 5.54. The van der Waals surface area contributed by atoms with Gasteiger partial charge in [0.2, 0.25) is 0 Å². The van der Waals surface area contributed by atoms with Crippen molar-refractivity contribution in [2.45, 2.75) is 33.2 Å². The lowest BCUT2D eigenvalue weighted by atomic mass is 9.98. The molecule has 0 saturated carbocycles. The fourth-order valence-corrected chi connectivity index (χ4v) is 3.59. The van der Waals surface area contributed by atoms with Crippen LogP contribution in [0.15, 0.2) is 23.2 Å². The van der Waals surface area contributed by atoms with Gasteiger partial charge < -0.3 is 24.6 Å². The van der Waals surface area contributed by atoms with Gasteiger partial charge in [-0.1, -0.05) is 6.92 Å². The summed E-state index contributed by atoms with van der Waals surface area (Å²) >= 11 is 0. The van der Waals surface area contributed by atoms with Crippen molar-refractivity contribution in [1.29, 1.82) is 0 Å². The van der Waals surface area contributed by atoms with E-state index in [1.807, 2.05) is 12.1 Å². The number of aliphatic imine (C=N–C) groups is 1. The van der Waals surface area contributed by atoms with Crippen molar-refractivity contribution < 1.29 is 9.47 Å². The van der Waals surface area contributed by atoms with E-state index < -0.39 is 0 Å². The zero-order valence-corrected chi connectivity index (χ0v) is 20.4. The van der Waals surface area contributed by atoms with E-state index in [4.69, 9.17) is 14.5 Å². The zero-order valence-electron chi connectivity index (χ0n) is 18.0. The van der Waals surface area contributed by atoms with Gasteiger partial charge in [0, 0.05) is 44.9 Å². The van der Waals surface area contributed by atoms with E-state index in [-0.39, 0.29) is 24.0 Å². The van der Waals surface area contributed by atoms with E-state index in [0.29, 0.717) is 5.92 Å². The molecule has 160 valence electrons. The van der Waals surface area contributed by atoms with Gasteiger partial charge >= 0.3 is 0 Å². The highest BCUT2D eigenvalue weighted by Crippen LogP contribution is 2.25. The first-order valence-electron chi connectivity index (χ1n) is 10.0. The minimum absolute atomic E-state index is 0. The fourth-order valence-electron chi connectivity index (χ4n) is 3.59. The number of methoxy groups -OCH3 is 2. The van der Waals surface area contributed by atoms with Crippen LogP contribution in [0.3, 0.4) is 0 Å². The van der Waals surface area contributed by atoms with Crippen molar-refractivity contribution in [3.8, 4) is 11.5 Å². The SMILES string of the molecule is CCNC(=NCC1CCCN(CC)C1)N(C)Cc1ccc(OC)cc1OC.I. The molecule has 1 aliphatic rings. The van der Waals surface area contributed by atoms with E-state index in [9.17, 15) is 0 Å². The maximum absolute atomic E-state index is 5.54. The Bertz CT molecular complexity index is 612. The first kappa shape index (κ1) is 24.8. The molecule has 1 heterocycles. The number of hydrogen-bond donors (Lipinski definition) is 1. The van der Waals surface area contributed by atoms with E-state index >= 15 is 0 Å². The number of rotatable bonds is 8. The Morgan fingerprint density at radius 1 is 1.29 bits per heavy atom. The highest BCUT2D eigenvalue weighted by Gasteiger charge is 2.19. The molecule has 0 radical (unpaired) electrons. The molecular formula is C21H37IN4O2. The number of guanidine groups is 1. The number of likely N-dealkylation sites (tertiary alicyclic amines) is 1. The molecule has 1 atom stereocenters. The van der Waals surface area contributed by atoms with E-state index in [0.717, 1.165) is 55.7 Å². The maximum Gasteiger partial charge on any atom is 0.193 e. The normalized spacial score (nSPS) is 17.6. The van der Waals surface area contributed by atoms with Crippen molar-refractivity contribution in [3.05, 3.63) is 23.8 Å². The van der Waals surface area contributed by atoms with Crippen LogP contribution in [0.4, 0.5) is 0 Å². The average molecular weight is 504 g/mol. The van der Waals surface area contributed by atoms with Crippen molar-refractivity contribution in [2.24, 2.45) is 10.9 Å². The van der Waals surface area contributed by atoms with Gasteiger partial charge in [-0.25, -0.2) is 0 Å². The molecule has 1 aromatic rings. The van der Waals surface area contributed by atoms with Crippen LogP contribution in [0.5, 0.6) is 11.5 Å². The highest BCUT2D eigenvalue weighted by atomic mass is 127. The third-order valence-corrected chi connectivity index (χ3v) is 5.15. The van der Waals surface area contributed by atoms with Crippen LogP contribution >= 0.6 is 24.0 Å². The van der Waals surface area contributed by atoms with Gasteiger partial charge in [-0.3, -0.25) is 4.99 Å². The lowest BCUT2D eigenvalue weighted by molar-refractivity contribution is 0.186. The monoisotopic (exact) mass is 504 g/mol. The van der Waals surface area contributed by atoms with E-state index in [1.54, 1.807) is 14.2 Å². The number of halogens is 1. The molecule has 1 N–H and O–H groups in total. The third kappa shape index (κ3) is 7.31. The summed E-state index contributed by atoms with van der Waals surface area (Å²) in [7, 11) is 5.44. The largest absolute Gasteiger partial charge is 0.497 e. The molecule has 1 aromatic carbocycles. The van der Waals surface area contributed by atoms with Gasteiger partial charge in [-0.15, -0.1) is 24.0 Å². The molecule has 1 aliphatic heterocycles. The first-order chi connectivity index (χ1) is 13.1. The predicted molar refractivity (Wildman–Crippen MR) is 127 cm³/mol. The van der Waals surface area contributed by atoms with Crippen LogP contribution in [-0.4, -0.2) is 69.8 Å². The Labute approximate surface area is 187 Å². The number of nitrogens with zero attached hydrogens (tertiary/aromatic N) is 3. The molecule has 28 heavy (non-hydrogen) atoms. The summed E-state index contributed by atoms with van der Waals surface area (Å²) in [5.41, 5.74) is 1.11. The predicted octanol–water partition coefficient (Wildman–Crippen LogP) is 3.45. The summed E-state index contributed by atoms with van der Waals surface area (Å²) in [6.45, 7) is 10.3. The summed E-state index contributed by atoms with van der Waals surface area (Å²) in [6.07, 6.45) is 2.55. The van der Waals surface area contributed by atoms with Crippen LogP contribution in [0.1, 0.15) is 32.3 Å². The average Bonchev–Trinajstić information content (AvgIpc) is 2.71. The van der Waals surface area contributed by atoms with Crippen LogP contribution in [0, 0.1) is 5.92 Å². The first-order valence-corrected chi connectivity index (χ1v) is 10.0. The summed E-state index contributed by atoms with van der Waals surface area (Å²) in [5.74, 6) is 3.24. The van der Waals surface area contributed by atoms with Gasteiger partial charge in [0.1, 0.15) is 11.5 Å². The van der Waals surface area contributed by atoms with Crippen LogP contribution in [0.25, 0.3) is 0 Å². The number of nitrogens with one attached hydrogen (secondary N) is 1. The van der Waals surface area contributed by atoms with Gasteiger partial charge in [0.15, 0.2) is 5.96 Å². The Kier molecular flexibility index (Phi) is 11.6. The van der Waals surface area contributed by atoms with Crippen LogP contribution < -0.4 is 14.8 Å². The molecule has 1 fully saturated rings. The number of hydrogen-bond acceptors (Lipinski definition) is 4. The number of piperidine rings is 1. The highest BCUT2D eigenvalue weighted by molar-refractivity contribution is 14.0. The molecule has 1 unspecified atom stereocenters. The van der Waals surface area contributed by atoms with Gasteiger partial charge in [-0.05, 0) is 50.9 Å². The Hall–Kier alpha value is -1.22. The third-order valence-electron chi connectivity index (χ3n) is 5.15. The van der Waals surface area contributed by atoms with Crippen molar-refractivity contribution in [2.75, 3.05) is 54.0 Å². The molecule has 0 spiro atoms. The van der Waals surface area contributed by atoms with Gasteiger partial charge in [0.25, 0.3) is 0 Å². The minimum atomic E-state index is 0. The molecule has 6 nitrogen and oxygen atoms in total. The number of ether oxygens (including phenoxy) is 2. The lowest BCUT2D eigenvalue weighted by Crippen LogP contribution is -2.40. The molecule has 0 amide bonds. The van der Waals surface area contributed by atoms with Crippen molar-refractivity contribution in [3.63, 3.8) is 0 Å². The molecule has 7 heteroatoms. The fraction of sp³-hybridized carbons (Fsp3) is 0.667. The van der Waals surface area contributed by atoms with Crippen LogP contribution in [0.2, 0.25) is 0 Å². The molecule has 0 bridgehead atoms. The van der Waals surface area contributed by atoms with Crippen molar-refractivity contribution >= 4 is 29.9 Å². The van der Waals surface area contributed by atoms with E-state index in [2.05, 4.69) is 42.1 Å². The number of benzene rings is 1. The van der Waals surface area contributed by atoms with Crippen molar-refractivity contribution in [1.82, 2.24) is 15.1 Å². The van der Waals surface area contributed by atoms with E-state index in [1.165, 1.54) is 19.4 Å². The Morgan fingerprint density at radius 2 is 2.07 bits per heavy atom. The minimum Gasteiger partial charge on any atom is -0.497 e. The molecule has 0 aromatic heterocycles. The molecule has 2 rings (SSSR count). The summed E-state index contributed by atoms with van der Waals surface area (Å²) < 4.78 is 10.8. The molecular weight excluding hydrogens is 467 g/mol. The second-order valence-corrected chi connectivity index (χ2v) is 7.13. The zero-order chi connectivity index (χ0) is 19.6. The Balaban J connectivity index is 0.00000392.